The zero-order valence-corrected chi connectivity index (χ0v) is 44.2. The number of carbonyl (C=O) groups excluding carboxylic acids is 4. The molecule has 10 nitrogen and oxygen atoms in total. The molecule has 0 aliphatic heterocycles. The maximum Gasteiger partial charge on any atom is 2.00 e. The topological polar surface area (TPSA) is 179 Å². The van der Waals surface area contributed by atoms with Crippen molar-refractivity contribution in [3.8, 4) is 0 Å². The number of carbonyl (C=O) groups is 4. The van der Waals surface area contributed by atoms with Gasteiger partial charge in [-0.05, 0) is 74.7 Å². The van der Waals surface area contributed by atoms with Crippen LogP contribution in [-0.4, -0.2) is 96.4 Å². The largest absolute Gasteiger partial charge is 2.00 e. The van der Waals surface area contributed by atoms with Gasteiger partial charge < -0.3 is 49.1 Å². The summed E-state index contributed by atoms with van der Waals surface area (Å²) in [6.07, 6.45) is 45.8. The summed E-state index contributed by atoms with van der Waals surface area (Å²) in [7, 11) is 0. The number of hydrogen-bond donors (Lipinski definition) is 0. The third-order valence-electron chi connectivity index (χ3n) is 11.4. The van der Waals surface area contributed by atoms with Crippen molar-refractivity contribution in [2.75, 3.05) is 26.4 Å². The normalized spacial score (nSPS) is 11.3. The Morgan fingerprint density at radius 3 is 0.688 bits per heavy atom. The van der Waals surface area contributed by atoms with Gasteiger partial charge in [0.2, 0.25) is 0 Å². The second-order valence-electron chi connectivity index (χ2n) is 17.3. The van der Waals surface area contributed by atoms with E-state index in [1.807, 2.05) is 0 Å². The van der Waals surface area contributed by atoms with E-state index in [-0.39, 0.29) is 70.1 Å². The minimum Gasteiger partial charge on any atom is -0.545 e. The first kappa shape index (κ1) is 69.4. The summed E-state index contributed by atoms with van der Waals surface area (Å²) in [5.41, 5.74) is -0.347. The summed E-state index contributed by atoms with van der Waals surface area (Å²) < 4.78 is 11.2. The Balaban J connectivity index is -0.000000545. The van der Waals surface area contributed by atoms with Crippen LogP contribution in [0.25, 0.3) is 0 Å². The number of unbranched alkanes of at least 4 members (excludes halogenated alkanes) is 32. The number of rotatable bonds is 48. The van der Waals surface area contributed by atoms with Crippen molar-refractivity contribution in [3.05, 3.63) is 23.3 Å². The number of aliphatic carboxylic acids is 4. The average Bonchev–Trinajstić information content (AvgIpc) is 3.23. The van der Waals surface area contributed by atoms with Gasteiger partial charge in [0.15, 0.2) is 0 Å². The van der Waals surface area contributed by atoms with E-state index in [1.165, 1.54) is 180 Å². The molecule has 0 N–H and O–H groups in total. The van der Waals surface area contributed by atoms with Crippen molar-refractivity contribution in [2.45, 2.75) is 258 Å². The van der Waals surface area contributed by atoms with E-state index in [2.05, 4.69) is 13.8 Å². The molecule has 0 fully saturated rings. The molecule has 0 spiro atoms. The Morgan fingerprint density at radius 2 is 0.500 bits per heavy atom. The molecule has 0 saturated heterocycles. The van der Waals surface area contributed by atoms with Crippen molar-refractivity contribution in [1.82, 2.24) is 0 Å². The molecule has 364 valence electrons. The summed E-state index contributed by atoms with van der Waals surface area (Å²) in [4.78, 5) is 42.5. The molecular formula is C52H92Mg2O10. The van der Waals surface area contributed by atoms with Crippen molar-refractivity contribution in [3.63, 3.8) is 0 Å². The van der Waals surface area contributed by atoms with Crippen LogP contribution in [0.1, 0.15) is 258 Å². The van der Waals surface area contributed by atoms with Crippen molar-refractivity contribution < 1.29 is 49.1 Å². The maximum atomic E-state index is 10.8. The number of ether oxygens (including phenoxy) is 2. The van der Waals surface area contributed by atoms with E-state index in [0.717, 1.165) is 65.0 Å². The van der Waals surface area contributed by atoms with Gasteiger partial charge in [0, 0.05) is 26.4 Å². The Morgan fingerprint density at radius 1 is 0.312 bits per heavy atom. The van der Waals surface area contributed by atoms with E-state index >= 15 is 0 Å². The molecule has 0 atom stereocenters. The first-order valence-electron chi connectivity index (χ1n) is 25.6. The van der Waals surface area contributed by atoms with Gasteiger partial charge in [0.05, 0.1) is 23.9 Å². The quantitative estimate of drug-likeness (QED) is 0.0325. The SMILES string of the molecule is CCCCOCCCCCCCCCCCCCCCCCC/C(=C/C(=O)[O-])C(=O)[O-].CCCCOCCCCCCCCCCCCCCCCCC/C(=C/C(=O)[O-])C(=O)[O-].[Mg+2].[Mg+2]. The van der Waals surface area contributed by atoms with Gasteiger partial charge in [-0.15, -0.1) is 0 Å². The summed E-state index contributed by atoms with van der Waals surface area (Å²) in [6.45, 7) is 8.11. The monoisotopic (exact) mass is 925 g/mol. The van der Waals surface area contributed by atoms with Crippen LogP contribution >= 0.6 is 0 Å². The minimum atomic E-state index is -1.47. The molecule has 0 aliphatic rings. The fourth-order valence-corrected chi connectivity index (χ4v) is 7.44. The van der Waals surface area contributed by atoms with Crippen molar-refractivity contribution in [2.24, 2.45) is 0 Å². The molecule has 0 amide bonds. The van der Waals surface area contributed by atoms with Gasteiger partial charge >= 0.3 is 46.1 Å². The third kappa shape index (κ3) is 58.8. The molecule has 12 heteroatoms. The zero-order valence-electron chi connectivity index (χ0n) is 41.3. The van der Waals surface area contributed by atoms with Gasteiger partial charge in [-0.2, -0.15) is 0 Å². The van der Waals surface area contributed by atoms with Gasteiger partial charge in [0.1, 0.15) is 0 Å². The zero-order chi connectivity index (χ0) is 46.0. The Hall–Kier alpha value is -1.19. The summed E-state index contributed by atoms with van der Waals surface area (Å²) in [5, 5.41) is 42.5. The fourth-order valence-electron chi connectivity index (χ4n) is 7.44. The Bertz CT molecular complexity index is 1010. The molecule has 64 heavy (non-hydrogen) atoms. The smallest absolute Gasteiger partial charge is 0.545 e. The molecule has 0 rings (SSSR count). The van der Waals surface area contributed by atoms with E-state index in [1.54, 1.807) is 0 Å². The van der Waals surface area contributed by atoms with E-state index < -0.39 is 23.9 Å². The molecule has 0 saturated carbocycles. The van der Waals surface area contributed by atoms with Crippen LogP contribution in [0.5, 0.6) is 0 Å². The third-order valence-corrected chi connectivity index (χ3v) is 11.4. The summed E-state index contributed by atoms with van der Waals surface area (Å²) in [5.74, 6) is -5.77. The van der Waals surface area contributed by atoms with Gasteiger partial charge in [-0.1, -0.05) is 206 Å². The van der Waals surface area contributed by atoms with E-state index in [9.17, 15) is 39.6 Å². The number of carboxylic acid groups (broad SMARTS) is 4. The van der Waals surface area contributed by atoms with Gasteiger partial charge in [-0.25, -0.2) is 0 Å². The first-order chi connectivity index (χ1) is 30.1. The average molecular weight is 926 g/mol. The van der Waals surface area contributed by atoms with Gasteiger partial charge in [-0.3, -0.25) is 0 Å². The van der Waals surface area contributed by atoms with Crippen LogP contribution in [0, 0.1) is 0 Å². The van der Waals surface area contributed by atoms with Crippen LogP contribution in [-0.2, 0) is 28.7 Å². The van der Waals surface area contributed by atoms with Crippen molar-refractivity contribution >= 4 is 70.0 Å². The van der Waals surface area contributed by atoms with Crippen LogP contribution in [0.3, 0.4) is 0 Å². The molecule has 0 radical (unpaired) electrons. The standard InChI is InChI=1S/2C26H48O5.2Mg/c2*1-2-3-21-31-22-19-17-15-13-11-9-7-5-4-6-8-10-12-14-16-18-20-24(26(29)30)23-25(27)28;;/h2*23H,2-22H2,1H3,(H,27,28)(H,29,30);;/q;;2*+2/p-4/b2*24-23-;;. The fraction of sp³-hybridized carbons (Fsp3) is 0.846. The molecule has 0 heterocycles. The molecule has 0 unspecified atom stereocenters. The minimum absolute atomic E-state index is 0. The Labute approximate surface area is 424 Å². The first-order valence-corrected chi connectivity index (χ1v) is 25.6. The second-order valence-corrected chi connectivity index (χ2v) is 17.3. The molecular weight excluding hydrogens is 833 g/mol. The predicted octanol–water partition coefficient (Wildman–Crippen LogP) is 8.96. The molecule has 0 aromatic heterocycles. The molecule has 0 bridgehead atoms. The van der Waals surface area contributed by atoms with Crippen LogP contribution in [0.4, 0.5) is 0 Å². The summed E-state index contributed by atoms with van der Waals surface area (Å²) in [6, 6.07) is 0. The molecule has 0 aromatic rings. The van der Waals surface area contributed by atoms with Crippen LogP contribution in [0.2, 0.25) is 0 Å². The maximum absolute atomic E-state index is 10.8. The molecule has 0 aliphatic carbocycles. The van der Waals surface area contributed by atoms with E-state index in [0.29, 0.717) is 25.0 Å². The van der Waals surface area contributed by atoms with E-state index in [4.69, 9.17) is 9.47 Å². The van der Waals surface area contributed by atoms with Crippen LogP contribution < -0.4 is 20.4 Å². The summed E-state index contributed by atoms with van der Waals surface area (Å²) >= 11 is 0. The Kier molecular flexibility index (Phi) is 62.8. The second kappa shape index (κ2) is 57.9. The molecule has 0 aromatic carbocycles. The van der Waals surface area contributed by atoms with Crippen LogP contribution in [0.15, 0.2) is 23.3 Å². The van der Waals surface area contributed by atoms with Gasteiger partial charge in [0.25, 0.3) is 0 Å². The van der Waals surface area contributed by atoms with Crippen molar-refractivity contribution in [1.29, 1.82) is 0 Å². The number of hydrogen-bond acceptors (Lipinski definition) is 10. The predicted molar refractivity (Wildman–Crippen MR) is 256 cm³/mol. The number of carboxylic acids is 4.